The second-order valence-corrected chi connectivity index (χ2v) is 6.30. The average Bonchev–Trinajstić information content (AvgIpc) is 3.10. The molecule has 1 heterocycles. The second kappa shape index (κ2) is 8.23. The SMILES string of the molecule is CCOc1ccc(C(C)=O)cc1CN(CC)Cc1ccc2c(c1)OCO2. The van der Waals surface area contributed by atoms with Crippen molar-refractivity contribution in [2.24, 2.45) is 0 Å². The second-order valence-electron chi connectivity index (χ2n) is 6.30. The van der Waals surface area contributed by atoms with E-state index in [2.05, 4.69) is 17.9 Å². The third kappa shape index (κ3) is 4.17. The fourth-order valence-corrected chi connectivity index (χ4v) is 3.04. The number of carbonyl (C=O) groups is 1. The molecule has 0 saturated heterocycles. The molecule has 0 aliphatic carbocycles. The Morgan fingerprint density at radius 3 is 2.62 bits per heavy atom. The molecule has 0 bridgehead atoms. The van der Waals surface area contributed by atoms with Crippen LogP contribution in [0.15, 0.2) is 36.4 Å². The van der Waals surface area contributed by atoms with Crippen LogP contribution in [-0.4, -0.2) is 30.6 Å². The van der Waals surface area contributed by atoms with Gasteiger partial charge in [-0.3, -0.25) is 9.69 Å². The predicted octanol–water partition coefficient (Wildman–Crippen LogP) is 4.04. The van der Waals surface area contributed by atoms with Gasteiger partial charge in [0.2, 0.25) is 6.79 Å². The van der Waals surface area contributed by atoms with Crippen LogP contribution in [0.5, 0.6) is 17.2 Å². The van der Waals surface area contributed by atoms with Crippen molar-refractivity contribution < 1.29 is 19.0 Å². The zero-order valence-electron chi connectivity index (χ0n) is 15.6. The van der Waals surface area contributed by atoms with Crippen molar-refractivity contribution in [3.63, 3.8) is 0 Å². The maximum Gasteiger partial charge on any atom is 0.231 e. The topological polar surface area (TPSA) is 48.0 Å². The zero-order chi connectivity index (χ0) is 18.5. The highest BCUT2D eigenvalue weighted by Crippen LogP contribution is 2.33. The predicted molar refractivity (Wildman–Crippen MR) is 100.0 cm³/mol. The molecule has 1 aliphatic rings. The van der Waals surface area contributed by atoms with E-state index in [1.807, 2.05) is 37.3 Å². The molecule has 0 spiro atoms. The van der Waals surface area contributed by atoms with E-state index >= 15 is 0 Å². The van der Waals surface area contributed by atoms with Gasteiger partial charge in [0.1, 0.15) is 5.75 Å². The van der Waals surface area contributed by atoms with Gasteiger partial charge in [-0.15, -0.1) is 0 Å². The third-order valence-electron chi connectivity index (χ3n) is 4.45. The number of rotatable bonds is 8. The van der Waals surface area contributed by atoms with Gasteiger partial charge in [0.25, 0.3) is 0 Å². The Hall–Kier alpha value is -2.53. The molecule has 0 atom stereocenters. The summed E-state index contributed by atoms with van der Waals surface area (Å²) in [6.45, 7) is 8.93. The van der Waals surface area contributed by atoms with Gasteiger partial charge >= 0.3 is 0 Å². The van der Waals surface area contributed by atoms with Crippen LogP contribution < -0.4 is 14.2 Å². The molecule has 0 amide bonds. The molecule has 0 N–H and O–H groups in total. The molecule has 3 rings (SSSR count). The van der Waals surface area contributed by atoms with Gasteiger partial charge in [-0.1, -0.05) is 13.0 Å². The maximum atomic E-state index is 11.7. The number of ketones is 1. The number of Topliss-reactive ketones (excluding diaryl/α,β-unsaturated/α-hetero) is 1. The molecule has 5 heteroatoms. The van der Waals surface area contributed by atoms with Gasteiger partial charge in [0.05, 0.1) is 6.61 Å². The number of ether oxygens (including phenoxy) is 3. The summed E-state index contributed by atoms with van der Waals surface area (Å²) in [6, 6.07) is 11.7. The number of hydrogen-bond acceptors (Lipinski definition) is 5. The number of carbonyl (C=O) groups excluding carboxylic acids is 1. The molecule has 138 valence electrons. The van der Waals surface area contributed by atoms with Crippen LogP contribution in [0.1, 0.15) is 42.3 Å². The summed E-state index contributed by atoms with van der Waals surface area (Å²) in [7, 11) is 0. The number of fused-ring (bicyclic) bond motifs is 1. The Labute approximate surface area is 154 Å². The minimum Gasteiger partial charge on any atom is -0.494 e. The molecular formula is C21H25NO4. The fraction of sp³-hybridized carbons (Fsp3) is 0.381. The van der Waals surface area contributed by atoms with Crippen molar-refractivity contribution in [2.45, 2.75) is 33.9 Å². The number of hydrogen-bond donors (Lipinski definition) is 0. The van der Waals surface area contributed by atoms with Gasteiger partial charge in [-0.2, -0.15) is 0 Å². The van der Waals surface area contributed by atoms with Crippen molar-refractivity contribution >= 4 is 5.78 Å². The minimum atomic E-state index is 0.0631. The molecule has 0 radical (unpaired) electrons. The van der Waals surface area contributed by atoms with Gasteiger partial charge in [-0.25, -0.2) is 0 Å². The van der Waals surface area contributed by atoms with Crippen molar-refractivity contribution in [3.8, 4) is 17.2 Å². The van der Waals surface area contributed by atoms with Gasteiger partial charge < -0.3 is 14.2 Å². The first kappa shape index (κ1) is 18.3. The molecular weight excluding hydrogens is 330 g/mol. The van der Waals surface area contributed by atoms with Gasteiger partial charge in [0, 0.05) is 24.2 Å². The Morgan fingerprint density at radius 2 is 1.88 bits per heavy atom. The number of benzene rings is 2. The fourth-order valence-electron chi connectivity index (χ4n) is 3.04. The van der Waals surface area contributed by atoms with Crippen LogP contribution in [0.4, 0.5) is 0 Å². The van der Waals surface area contributed by atoms with Gasteiger partial charge in [-0.05, 0) is 56.3 Å². The molecule has 2 aromatic carbocycles. The standard InChI is InChI=1S/C21H25NO4/c1-4-22(12-16-6-8-20-21(10-16)26-14-25-20)13-18-11-17(15(3)23)7-9-19(18)24-5-2/h6-11H,4-5,12-14H2,1-3H3. The summed E-state index contributed by atoms with van der Waals surface area (Å²) in [5.41, 5.74) is 2.90. The van der Waals surface area contributed by atoms with Crippen LogP contribution >= 0.6 is 0 Å². The Kier molecular flexibility index (Phi) is 5.78. The first-order valence-electron chi connectivity index (χ1n) is 8.98. The summed E-state index contributed by atoms with van der Waals surface area (Å²) in [5, 5.41) is 0. The van der Waals surface area contributed by atoms with E-state index in [-0.39, 0.29) is 12.6 Å². The Morgan fingerprint density at radius 1 is 1.08 bits per heavy atom. The summed E-state index contributed by atoms with van der Waals surface area (Å²) >= 11 is 0. The lowest BCUT2D eigenvalue weighted by molar-refractivity contribution is 0.101. The Bertz CT molecular complexity index is 788. The summed E-state index contributed by atoms with van der Waals surface area (Å²) in [4.78, 5) is 14.0. The van der Waals surface area contributed by atoms with Crippen LogP contribution in [0, 0.1) is 0 Å². The molecule has 0 aromatic heterocycles. The molecule has 0 fully saturated rings. The summed E-state index contributed by atoms with van der Waals surface area (Å²) in [6.07, 6.45) is 0. The Balaban J connectivity index is 1.78. The van der Waals surface area contributed by atoms with Gasteiger partial charge in [0.15, 0.2) is 17.3 Å². The third-order valence-corrected chi connectivity index (χ3v) is 4.45. The van der Waals surface area contributed by atoms with Crippen LogP contribution in [0.3, 0.4) is 0 Å². The van der Waals surface area contributed by atoms with Crippen molar-refractivity contribution in [1.29, 1.82) is 0 Å². The molecule has 2 aromatic rings. The van der Waals surface area contributed by atoms with E-state index in [0.717, 1.165) is 41.5 Å². The molecule has 5 nitrogen and oxygen atoms in total. The van der Waals surface area contributed by atoms with Crippen LogP contribution in [-0.2, 0) is 13.1 Å². The molecule has 0 unspecified atom stereocenters. The lowest BCUT2D eigenvalue weighted by atomic mass is 10.1. The zero-order valence-corrected chi connectivity index (χ0v) is 15.6. The van der Waals surface area contributed by atoms with E-state index < -0.39 is 0 Å². The van der Waals surface area contributed by atoms with Crippen molar-refractivity contribution in [1.82, 2.24) is 4.90 Å². The monoisotopic (exact) mass is 355 g/mol. The first-order chi connectivity index (χ1) is 12.6. The maximum absolute atomic E-state index is 11.7. The highest BCUT2D eigenvalue weighted by atomic mass is 16.7. The van der Waals surface area contributed by atoms with E-state index in [4.69, 9.17) is 14.2 Å². The quantitative estimate of drug-likeness (QED) is 0.669. The normalized spacial score (nSPS) is 12.5. The highest BCUT2D eigenvalue weighted by Gasteiger charge is 2.16. The van der Waals surface area contributed by atoms with Crippen LogP contribution in [0.2, 0.25) is 0 Å². The molecule has 1 aliphatic heterocycles. The lowest BCUT2D eigenvalue weighted by Crippen LogP contribution is -2.23. The highest BCUT2D eigenvalue weighted by molar-refractivity contribution is 5.94. The van der Waals surface area contributed by atoms with E-state index in [1.54, 1.807) is 6.92 Å². The first-order valence-corrected chi connectivity index (χ1v) is 8.98. The summed E-state index contributed by atoms with van der Waals surface area (Å²) < 4.78 is 16.6. The van der Waals surface area contributed by atoms with E-state index in [0.29, 0.717) is 18.7 Å². The average molecular weight is 355 g/mol. The summed E-state index contributed by atoms with van der Waals surface area (Å²) in [5.74, 6) is 2.49. The smallest absolute Gasteiger partial charge is 0.231 e. The van der Waals surface area contributed by atoms with Crippen LogP contribution in [0.25, 0.3) is 0 Å². The van der Waals surface area contributed by atoms with Crippen molar-refractivity contribution in [2.75, 3.05) is 19.9 Å². The molecule has 0 saturated carbocycles. The minimum absolute atomic E-state index is 0.0631. The van der Waals surface area contributed by atoms with Crippen molar-refractivity contribution in [3.05, 3.63) is 53.1 Å². The molecule has 26 heavy (non-hydrogen) atoms. The number of nitrogens with zero attached hydrogens (tertiary/aromatic N) is 1. The van der Waals surface area contributed by atoms with E-state index in [1.165, 1.54) is 0 Å². The largest absolute Gasteiger partial charge is 0.494 e. The van der Waals surface area contributed by atoms with E-state index in [9.17, 15) is 4.79 Å². The lowest BCUT2D eigenvalue weighted by Gasteiger charge is -2.22.